The topological polar surface area (TPSA) is 38.9 Å². The second-order valence-corrected chi connectivity index (χ2v) is 3.09. The molecule has 0 aliphatic heterocycles. The molecule has 0 aliphatic rings. The van der Waals surface area contributed by atoms with E-state index in [0.717, 1.165) is 18.3 Å². The summed E-state index contributed by atoms with van der Waals surface area (Å²) in [6.45, 7) is 1.04. The highest BCUT2D eigenvalue weighted by atomic mass is 32.1. The zero-order valence-corrected chi connectivity index (χ0v) is 6.79. The molecule has 0 amide bonds. The van der Waals surface area contributed by atoms with Crippen LogP contribution in [0.15, 0.2) is 5.38 Å². The molecule has 2 N–H and O–H groups in total. The van der Waals surface area contributed by atoms with Crippen molar-refractivity contribution in [3.05, 3.63) is 16.1 Å². The van der Waals surface area contributed by atoms with Gasteiger partial charge in [-0.25, -0.2) is 4.98 Å². The van der Waals surface area contributed by atoms with Crippen LogP contribution >= 0.6 is 11.3 Å². The third-order valence-corrected chi connectivity index (χ3v) is 2.20. The van der Waals surface area contributed by atoms with Crippen molar-refractivity contribution in [2.45, 2.75) is 19.4 Å². The van der Waals surface area contributed by atoms with Crippen LogP contribution in [0.25, 0.3) is 0 Å². The Morgan fingerprint density at radius 3 is 2.64 bits per heavy atom. The molecule has 2 nitrogen and oxygen atoms in total. The first kappa shape index (κ1) is 8.55. The van der Waals surface area contributed by atoms with Crippen LogP contribution in [0.2, 0.25) is 0 Å². The van der Waals surface area contributed by atoms with E-state index in [1.165, 1.54) is 0 Å². The summed E-state index contributed by atoms with van der Waals surface area (Å²) in [6.07, 6.45) is 0. The van der Waals surface area contributed by atoms with E-state index in [4.69, 9.17) is 5.73 Å². The summed E-state index contributed by atoms with van der Waals surface area (Å²) in [4.78, 5) is 3.64. The van der Waals surface area contributed by atoms with Crippen molar-refractivity contribution in [2.75, 3.05) is 0 Å². The Balaban J connectivity index is 2.89. The van der Waals surface area contributed by atoms with Gasteiger partial charge in [0.05, 0.1) is 5.69 Å². The van der Waals surface area contributed by atoms with Gasteiger partial charge in [-0.2, -0.15) is 8.78 Å². The van der Waals surface area contributed by atoms with Crippen LogP contribution in [-0.2, 0) is 12.5 Å². The predicted molar refractivity (Wildman–Crippen MR) is 39.6 cm³/mol. The normalized spacial score (nSPS) is 12.0. The Kier molecular flexibility index (Phi) is 2.20. The van der Waals surface area contributed by atoms with E-state index in [1.54, 1.807) is 5.38 Å². The van der Waals surface area contributed by atoms with E-state index in [2.05, 4.69) is 4.98 Å². The molecule has 0 radical (unpaired) electrons. The van der Waals surface area contributed by atoms with Crippen molar-refractivity contribution in [1.82, 2.24) is 4.98 Å². The SMILES string of the molecule is CC(F)(F)c1nc(CN)cs1. The number of aromatic nitrogens is 1. The lowest BCUT2D eigenvalue weighted by atomic mass is 10.4. The number of hydrogen-bond acceptors (Lipinski definition) is 3. The first-order chi connectivity index (χ1) is 5.04. The highest BCUT2D eigenvalue weighted by Gasteiger charge is 2.27. The van der Waals surface area contributed by atoms with Crippen LogP contribution < -0.4 is 5.73 Å². The van der Waals surface area contributed by atoms with E-state index in [-0.39, 0.29) is 11.6 Å². The number of hydrogen-bond donors (Lipinski definition) is 1. The molecule has 0 atom stereocenters. The van der Waals surface area contributed by atoms with E-state index >= 15 is 0 Å². The number of thiazole rings is 1. The van der Waals surface area contributed by atoms with Gasteiger partial charge in [-0.05, 0) is 0 Å². The van der Waals surface area contributed by atoms with Gasteiger partial charge in [0.15, 0.2) is 5.01 Å². The zero-order chi connectivity index (χ0) is 8.48. The third-order valence-electron chi connectivity index (χ3n) is 1.14. The third kappa shape index (κ3) is 1.94. The Morgan fingerprint density at radius 1 is 1.73 bits per heavy atom. The number of nitrogens with zero attached hydrogens (tertiary/aromatic N) is 1. The molecule has 0 spiro atoms. The first-order valence-electron chi connectivity index (χ1n) is 3.07. The molecule has 0 aromatic carbocycles. The van der Waals surface area contributed by atoms with Crippen molar-refractivity contribution in [3.8, 4) is 0 Å². The smallest absolute Gasteiger partial charge is 0.296 e. The van der Waals surface area contributed by atoms with Gasteiger partial charge < -0.3 is 5.73 Å². The average Bonchev–Trinajstić information content (AvgIpc) is 2.32. The molecule has 0 saturated heterocycles. The summed E-state index contributed by atoms with van der Waals surface area (Å²) < 4.78 is 25.0. The van der Waals surface area contributed by atoms with E-state index < -0.39 is 5.92 Å². The molecule has 0 bridgehead atoms. The van der Waals surface area contributed by atoms with Gasteiger partial charge in [0, 0.05) is 18.8 Å². The monoisotopic (exact) mass is 178 g/mol. The maximum Gasteiger partial charge on any atom is 0.296 e. The average molecular weight is 178 g/mol. The van der Waals surface area contributed by atoms with Crippen LogP contribution in [0.1, 0.15) is 17.6 Å². The second kappa shape index (κ2) is 2.83. The lowest BCUT2D eigenvalue weighted by Gasteiger charge is -2.03. The van der Waals surface area contributed by atoms with Crippen molar-refractivity contribution in [2.24, 2.45) is 5.73 Å². The summed E-state index contributed by atoms with van der Waals surface area (Å²) in [7, 11) is 0. The molecule has 1 aromatic heterocycles. The first-order valence-corrected chi connectivity index (χ1v) is 3.95. The zero-order valence-electron chi connectivity index (χ0n) is 5.97. The molecular formula is C6H8F2N2S. The number of halogens is 2. The Bertz CT molecular complexity index is 241. The van der Waals surface area contributed by atoms with Gasteiger partial charge in [-0.3, -0.25) is 0 Å². The van der Waals surface area contributed by atoms with Crippen molar-refractivity contribution in [3.63, 3.8) is 0 Å². The summed E-state index contributed by atoms with van der Waals surface area (Å²) in [5.74, 6) is -2.84. The largest absolute Gasteiger partial charge is 0.325 e. The van der Waals surface area contributed by atoms with E-state index in [9.17, 15) is 8.78 Å². The fourth-order valence-corrected chi connectivity index (χ4v) is 1.38. The summed E-state index contributed by atoms with van der Waals surface area (Å²) >= 11 is 0.940. The van der Waals surface area contributed by atoms with Gasteiger partial charge in [0.1, 0.15) is 0 Å². The standard InChI is InChI=1S/C6H8F2N2S/c1-6(7,8)5-10-4(2-9)3-11-5/h3H,2,9H2,1H3. The Labute approximate surface area is 67.1 Å². The molecule has 0 fully saturated rings. The number of alkyl halides is 2. The van der Waals surface area contributed by atoms with Crippen LogP contribution in [0.5, 0.6) is 0 Å². The van der Waals surface area contributed by atoms with Crippen molar-refractivity contribution >= 4 is 11.3 Å². The Hall–Kier alpha value is -0.550. The van der Waals surface area contributed by atoms with Gasteiger partial charge in [-0.15, -0.1) is 11.3 Å². The van der Waals surface area contributed by atoms with Gasteiger partial charge in [-0.1, -0.05) is 0 Å². The van der Waals surface area contributed by atoms with Gasteiger partial charge >= 0.3 is 0 Å². The summed E-state index contributed by atoms with van der Waals surface area (Å²) in [6, 6.07) is 0. The minimum Gasteiger partial charge on any atom is -0.325 e. The Morgan fingerprint density at radius 2 is 2.36 bits per heavy atom. The predicted octanol–water partition coefficient (Wildman–Crippen LogP) is 1.71. The molecule has 0 unspecified atom stereocenters. The number of nitrogens with two attached hydrogens (primary N) is 1. The van der Waals surface area contributed by atoms with E-state index in [0.29, 0.717) is 5.69 Å². The number of rotatable bonds is 2. The van der Waals surface area contributed by atoms with Crippen LogP contribution in [-0.4, -0.2) is 4.98 Å². The summed E-state index contributed by atoms with van der Waals surface area (Å²) in [5, 5.41) is 1.38. The minimum absolute atomic E-state index is 0.169. The van der Waals surface area contributed by atoms with Gasteiger partial charge in [0.2, 0.25) is 0 Å². The maximum absolute atomic E-state index is 12.5. The molecule has 1 aromatic rings. The molecular weight excluding hydrogens is 170 g/mol. The van der Waals surface area contributed by atoms with Crippen molar-refractivity contribution < 1.29 is 8.78 Å². The fraction of sp³-hybridized carbons (Fsp3) is 0.500. The lowest BCUT2D eigenvalue weighted by molar-refractivity contribution is 0.0171. The van der Waals surface area contributed by atoms with Crippen LogP contribution in [0.3, 0.4) is 0 Å². The molecule has 11 heavy (non-hydrogen) atoms. The lowest BCUT2D eigenvalue weighted by Crippen LogP contribution is -2.07. The van der Waals surface area contributed by atoms with E-state index in [1.807, 2.05) is 0 Å². The highest BCUT2D eigenvalue weighted by Crippen LogP contribution is 2.29. The molecule has 0 saturated carbocycles. The summed E-state index contributed by atoms with van der Waals surface area (Å²) in [5.41, 5.74) is 5.73. The quantitative estimate of drug-likeness (QED) is 0.748. The molecule has 5 heteroatoms. The van der Waals surface area contributed by atoms with Crippen LogP contribution in [0, 0.1) is 0 Å². The molecule has 0 aliphatic carbocycles. The molecule has 1 rings (SSSR count). The second-order valence-electron chi connectivity index (χ2n) is 2.24. The minimum atomic E-state index is -2.84. The van der Waals surface area contributed by atoms with Crippen LogP contribution in [0.4, 0.5) is 8.78 Å². The highest BCUT2D eigenvalue weighted by molar-refractivity contribution is 7.09. The molecule has 1 heterocycles. The fourth-order valence-electron chi connectivity index (χ4n) is 0.602. The van der Waals surface area contributed by atoms with Crippen molar-refractivity contribution in [1.29, 1.82) is 0 Å². The maximum atomic E-state index is 12.5. The molecule has 62 valence electrons. The van der Waals surface area contributed by atoms with Gasteiger partial charge in [0.25, 0.3) is 5.92 Å².